The SMILES string of the molecule is CC(C)[C@H](N)C(=O)NCC(=O)NC(c1ccc(Cl)cc1)C1CC1.Cl. The Morgan fingerprint density at radius 1 is 1.25 bits per heavy atom. The maximum Gasteiger partial charge on any atom is 0.239 e. The Bertz CT molecular complexity index is 559. The fraction of sp³-hybridized carbons (Fsp3) is 0.529. The van der Waals surface area contributed by atoms with E-state index in [4.69, 9.17) is 17.3 Å². The van der Waals surface area contributed by atoms with Gasteiger partial charge in [0.15, 0.2) is 0 Å². The molecule has 1 saturated carbocycles. The lowest BCUT2D eigenvalue weighted by Gasteiger charge is -2.20. The van der Waals surface area contributed by atoms with Crippen LogP contribution >= 0.6 is 24.0 Å². The van der Waals surface area contributed by atoms with Gasteiger partial charge in [-0.25, -0.2) is 0 Å². The van der Waals surface area contributed by atoms with Crippen molar-refractivity contribution in [3.05, 3.63) is 34.9 Å². The summed E-state index contributed by atoms with van der Waals surface area (Å²) in [5, 5.41) is 6.26. The number of hydrogen-bond acceptors (Lipinski definition) is 3. The van der Waals surface area contributed by atoms with Crippen molar-refractivity contribution in [2.24, 2.45) is 17.6 Å². The van der Waals surface area contributed by atoms with Gasteiger partial charge in [-0.2, -0.15) is 0 Å². The zero-order valence-electron chi connectivity index (χ0n) is 13.9. The summed E-state index contributed by atoms with van der Waals surface area (Å²) in [7, 11) is 0. The van der Waals surface area contributed by atoms with Gasteiger partial charge in [0, 0.05) is 5.02 Å². The molecule has 1 unspecified atom stereocenters. The Morgan fingerprint density at radius 2 is 1.83 bits per heavy atom. The van der Waals surface area contributed by atoms with E-state index in [1.54, 1.807) is 0 Å². The van der Waals surface area contributed by atoms with E-state index >= 15 is 0 Å². The van der Waals surface area contributed by atoms with Crippen molar-refractivity contribution in [1.29, 1.82) is 0 Å². The molecule has 7 heteroatoms. The largest absolute Gasteiger partial charge is 0.347 e. The number of halogens is 2. The van der Waals surface area contributed by atoms with Crippen molar-refractivity contribution in [2.45, 2.75) is 38.8 Å². The second kappa shape index (κ2) is 9.25. The molecule has 24 heavy (non-hydrogen) atoms. The van der Waals surface area contributed by atoms with Crippen LogP contribution in [0.2, 0.25) is 5.02 Å². The van der Waals surface area contributed by atoms with E-state index in [9.17, 15) is 9.59 Å². The first-order chi connectivity index (χ1) is 10.9. The maximum absolute atomic E-state index is 12.1. The third kappa shape index (κ3) is 5.96. The standard InChI is InChI=1S/C17H24ClN3O2.ClH/c1-10(2)15(19)17(23)20-9-14(22)21-16(11-3-4-11)12-5-7-13(18)8-6-12;/h5-8,10-11,15-16H,3-4,9,19H2,1-2H3,(H,20,23)(H,21,22);1H/t15-,16?;/m0./s1. The molecule has 0 aliphatic heterocycles. The Balaban J connectivity index is 0.00000288. The minimum absolute atomic E-state index is 0. The highest BCUT2D eigenvalue weighted by atomic mass is 35.5. The number of carbonyl (C=O) groups is 2. The number of hydrogen-bond donors (Lipinski definition) is 3. The molecule has 1 aliphatic rings. The number of amides is 2. The van der Waals surface area contributed by atoms with Crippen LogP contribution in [0.5, 0.6) is 0 Å². The summed E-state index contributed by atoms with van der Waals surface area (Å²) in [6, 6.07) is 6.87. The summed E-state index contributed by atoms with van der Waals surface area (Å²) < 4.78 is 0. The van der Waals surface area contributed by atoms with E-state index in [0.717, 1.165) is 18.4 Å². The van der Waals surface area contributed by atoms with Crippen molar-refractivity contribution in [3.8, 4) is 0 Å². The first-order valence-corrected chi connectivity index (χ1v) is 8.34. The summed E-state index contributed by atoms with van der Waals surface area (Å²) in [6.07, 6.45) is 2.19. The zero-order chi connectivity index (χ0) is 17.0. The second-order valence-corrected chi connectivity index (χ2v) is 6.86. The van der Waals surface area contributed by atoms with Gasteiger partial charge in [0.2, 0.25) is 11.8 Å². The highest BCUT2D eigenvalue weighted by molar-refractivity contribution is 6.30. The number of rotatable bonds is 7. The monoisotopic (exact) mass is 373 g/mol. The van der Waals surface area contributed by atoms with E-state index in [1.165, 1.54) is 0 Å². The average Bonchev–Trinajstić information content (AvgIpc) is 3.35. The van der Waals surface area contributed by atoms with Crippen molar-refractivity contribution >= 4 is 35.8 Å². The normalized spacial score (nSPS) is 16.0. The Kier molecular flexibility index (Phi) is 8.00. The van der Waals surface area contributed by atoms with Crippen LogP contribution in [0.15, 0.2) is 24.3 Å². The lowest BCUT2D eigenvalue weighted by Crippen LogP contribution is -2.47. The molecule has 0 bridgehead atoms. The number of nitrogens with one attached hydrogen (secondary N) is 2. The predicted octanol–water partition coefficient (Wildman–Crippen LogP) is 2.43. The molecule has 0 saturated heterocycles. The van der Waals surface area contributed by atoms with Gasteiger partial charge in [-0.05, 0) is 42.4 Å². The Labute approximate surface area is 154 Å². The van der Waals surface area contributed by atoms with E-state index in [-0.39, 0.29) is 42.7 Å². The first kappa shape index (κ1) is 20.7. The summed E-state index contributed by atoms with van der Waals surface area (Å²) in [6.45, 7) is 3.68. The highest BCUT2D eigenvalue weighted by Gasteiger charge is 2.33. The van der Waals surface area contributed by atoms with E-state index < -0.39 is 6.04 Å². The zero-order valence-corrected chi connectivity index (χ0v) is 15.5. The van der Waals surface area contributed by atoms with Gasteiger partial charge >= 0.3 is 0 Å². The van der Waals surface area contributed by atoms with Gasteiger partial charge in [0.1, 0.15) is 0 Å². The average molecular weight is 374 g/mol. The van der Waals surface area contributed by atoms with Crippen LogP contribution in [0.1, 0.15) is 38.3 Å². The molecule has 4 N–H and O–H groups in total. The lowest BCUT2D eigenvalue weighted by molar-refractivity contribution is -0.127. The fourth-order valence-corrected chi connectivity index (χ4v) is 2.51. The van der Waals surface area contributed by atoms with E-state index in [2.05, 4.69) is 10.6 Å². The molecule has 0 aromatic heterocycles. The maximum atomic E-state index is 12.1. The molecule has 0 spiro atoms. The van der Waals surface area contributed by atoms with Crippen LogP contribution < -0.4 is 16.4 Å². The molecule has 2 amide bonds. The fourth-order valence-electron chi connectivity index (χ4n) is 2.39. The molecular weight excluding hydrogens is 349 g/mol. The van der Waals surface area contributed by atoms with E-state index in [0.29, 0.717) is 10.9 Å². The molecule has 1 aromatic carbocycles. The minimum Gasteiger partial charge on any atom is -0.347 e. The van der Waals surface area contributed by atoms with Gasteiger partial charge in [0.25, 0.3) is 0 Å². The molecule has 5 nitrogen and oxygen atoms in total. The molecule has 0 radical (unpaired) electrons. The second-order valence-electron chi connectivity index (χ2n) is 6.42. The molecular formula is C17H25Cl2N3O2. The summed E-state index contributed by atoms with van der Waals surface area (Å²) in [4.78, 5) is 23.9. The molecule has 2 rings (SSSR count). The number of carbonyl (C=O) groups excluding carboxylic acids is 2. The third-order valence-corrected chi connectivity index (χ3v) is 4.34. The van der Waals surface area contributed by atoms with Gasteiger partial charge in [-0.1, -0.05) is 37.6 Å². The molecule has 0 heterocycles. The van der Waals surface area contributed by atoms with Gasteiger partial charge in [-0.15, -0.1) is 12.4 Å². The van der Waals surface area contributed by atoms with Crippen LogP contribution in [-0.4, -0.2) is 24.4 Å². The molecule has 2 atom stereocenters. The Morgan fingerprint density at radius 3 is 2.33 bits per heavy atom. The smallest absolute Gasteiger partial charge is 0.239 e. The molecule has 134 valence electrons. The van der Waals surface area contributed by atoms with Gasteiger partial charge in [-0.3, -0.25) is 9.59 Å². The van der Waals surface area contributed by atoms with Crippen LogP contribution in [0, 0.1) is 11.8 Å². The van der Waals surface area contributed by atoms with Crippen LogP contribution in [0.4, 0.5) is 0 Å². The number of nitrogens with two attached hydrogens (primary N) is 1. The molecule has 1 aliphatic carbocycles. The topological polar surface area (TPSA) is 84.2 Å². The van der Waals surface area contributed by atoms with Gasteiger partial charge in [0.05, 0.1) is 18.6 Å². The molecule has 1 aromatic rings. The number of benzene rings is 1. The van der Waals surface area contributed by atoms with E-state index in [1.807, 2.05) is 38.1 Å². The van der Waals surface area contributed by atoms with Crippen LogP contribution in [0.25, 0.3) is 0 Å². The van der Waals surface area contributed by atoms with Crippen LogP contribution in [0.3, 0.4) is 0 Å². The first-order valence-electron chi connectivity index (χ1n) is 7.96. The molecule has 1 fully saturated rings. The summed E-state index contributed by atoms with van der Waals surface area (Å²) in [5.41, 5.74) is 6.79. The van der Waals surface area contributed by atoms with Crippen molar-refractivity contribution in [1.82, 2.24) is 10.6 Å². The van der Waals surface area contributed by atoms with Crippen LogP contribution in [-0.2, 0) is 9.59 Å². The summed E-state index contributed by atoms with van der Waals surface area (Å²) >= 11 is 5.91. The van der Waals surface area contributed by atoms with Gasteiger partial charge < -0.3 is 16.4 Å². The lowest BCUT2D eigenvalue weighted by atomic mass is 10.0. The third-order valence-electron chi connectivity index (χ3n) is 4.08. The highest BCUT2D eigenvalue weighted by Crippen LogP contribution is 2.41. The Hall–Kier alpha value is -1.30. The minimum atomic E-state index is -0.599. The van der Waals surface area contributed by atoms with Crippen molar-refractivity contribution in [2.75, 3.05) is 6.54 Å². The predicted molar refractivity (Wildman–Crippen MR) is 98.1 cm³/mol. The van der Waals surface area contributed by atoms with Crippen molar-refractivity contribution in [3.63, 3.8) is 0 Å². The summed E-state index contributed by atoms with van der Waals surface area (Å²) in [5.74, 6) is -0.0224. The van der Waals surface area contributed by atoms with Crippen molar-refractivity contribution < 1.29 is 9.59 Å². The quantitative estimate of drug-likeness (QED) is 0.685.